The molecule has 1 N–H and O–H groups in total. The van der Waals surface area contributed by atoms with Crippen LogP contribution in [0.2, 0.25) is 0 Å². The molecule has 1 fully saturated rings. The summed E-state index contributed by atoms with van der Waals surface area (Å²) in [4.78, 5) is 22.6. The van der Waals surface area contributed by atoms with Gasteiger partial charge in [-0.2, -0.15) is 5.26 Å². The highest BCUT2D eigenvalue weighted by Crippen LogP contribution is 2.16. The van der Waals surface area contributed by atoms with E-state index in [9.17, 15) is 4.79 Å². The van der Waals surface area contributed by atoms with E-state index in [0.717, 1.165) is 31.6 Å². The van der Waals surface area contributed by atoms with Crippen LogP contribution in [-0.2, 0) is 0 Å². The van der Waals surface area contributed by atoms with Gasteiger partial charge in [0.25, 0.3) is 5.91 Å². The van der Waals surface area contributed by atoms with Crippen LogP contribution >= 0.6 is 0 Å². The minimum atomic E-state index is -0.0536. The van der Waals surface area contributed by atoms with Crippen LogP contribution < -0.4 is 5.32 Å². The third-order valence-electron chi connectivity index (χ3n) is 3.80. The highest BCUT2D eigenvalue weighted by atomic mass is 16.2. The molecular formula is C17H17N5O. The number of carbonyl (C=O) groups excluding carboxylic acids is 1. The molecule has 1 amide bonds. The first-order valence-corrected chi connectivity index (χ1v) is 7.65. The van der Waals surface area contributed by atoms with Crippen LogP contribution in [-0.4, -0.2) is 33.9 Å². The van der Waals surface area contributed by atoms with Gasteiger partial charge in [0.05, 0.1) is 24.0 Å². The maximum absolute atomic E-state index is 12.3. The van der Waals surface area contributed by atoms with Crippen molar-refractivity contribution < 1.29 is 4.79 Å². The summed E-state index contributed by atoms with van der Waals surface area (Å²) >= 11 is 0. The quantitative estimate of drug-likeness (QED) is 0.942. The van der Waals surface area contributed by atoms with Crippen molar-refractivity contribution in [3.63, 3.8) is 0 Å². The molecule has 116 valence electrons. The molecule has 2 aromatic rings. The fraction of sp³-hybridized carbons (Fsp3) is 0.294. The van der Waals surface area contributed by atoms with Crippen molar-refractivity contribution in [2.75, 3.05) is 18.4 Å². The minimum absolute atomic E-state index is 0.0536. The molecular weight excluding hydrogens is 290 g/mol. The first kappa shape index (κ1) is 15.0. The lowest BCUT2D eigenvalue weighted by atomic mass is 10.1. The van der Waals surface area contributed by atoms with E-state index >= 15 is 0 Å². The van der Waals surface area contributed by atoms with Gasteiger partial charge in [-0.1, -0.05) is 0 Å². The molecule has 6 heteroatoms. The number of anilines is 2. The van der Waals surface area contributed by atoms with Crippen LogP contribution in [0, 0.1) is 11.3 Å². The van der Waals surface area contributed by atoms with Crippen molar-refractivity contribution in [2.45, 2.75) is 19.3 Å². The molecule has 0 atom stereocenters. The Labute approximate surface area is 134 Å². The predicted molar refractivity (Wildman–Crippen MR) is 86.2 cm³/mol. The first-order chi connectivity index (χ1) is 11.3. The lowest BCUT2D eigenvalue weighted by molar-refractivity contribution is 0.0718. The number of nitrogens with one attached hydrogen (secondary N) is 1. The molecule has 0 aliphatic carbocycles. The average Bonchev–Trinajstić information content (AvgIpc) is 2.63. The highest BCUT2D eigenvalue weighted by molar-refractivity contribution is 5.92. The van der Waals surface area contributed by atoms with Crippen molar-refractivity contribution in [2.24, 2.45) is 0 Å². The number of carbonyl (C=O) groups is 1. The third kappa shape index (κ3) is 3.64. The largest absolute Gasteiger partial charge is 0.339 e. The smallest absolute Gasteiger partial charge is 0.274 e. The molecule has 23 heavy (non-hydrogen) atoms. The predicted octanol–water partition coefficient (Wildman–Crippen LogP) is 2.72. The number of amides is 1. The SMILES string of the molecule is N#Cc1ccc(Nc2cnc(C(=O)N3CCCCC3)cn2)cc1. The highest BCUT2D eigenvalue weighted by Gasteiger charge is 2.19. The van der Waals surface area contributed by atoms with E-state index in [4.69, 9.17) is 5.26 Å². The van der Waals surface area contributed by atoms with Gasteiger partial charge in [0.1, 0.15) is 11.5 Å². The van der Waals surface area contributed by atoms with Gasteiger partial charge in [0.2, 0.25) is 0 Å². The maximum Gasteiger partial charge on any atom is 0.274 e. The Bertz CT molecular complexity index is 712. The molecule has 0 saturated carbocycles. The minimum Gasteiger partial charge on any atom is -0.339 e. The second kappa shape index (κ2) is 6.88. The van der Waals surface area contributed by atoms with E-state index in [1.807, 2.05) is 4.90 Å². The number of nitriles is 1. The Balaban J connectivity index is 1.66. The Morgan fingerprint density at radius 3 is 2.43 bits per heavy atom. The number of nitrogens with zero attached hydrogens (tertiary/aromatic N) is 4. The summed E-state index contributed by atoms with van der Waals surface area (Å²) < 4.78 is 0. The molecule has 1 saturated heterocycles. The summed E-state index contributed by atoms with van der Waals surface area (Å²) in [6.45, 7) is 1.59. The molecule has 1 aliphatic heterocycles. The van der Waals surface area contributed by atoms with E-state index < -0.39 is 0 Å². The molecule has 0 spiro atoms. The summed E-state index contributed by atoms with van der Waals surface area (Å²) in [6.07, 6.45) is 6.34. The Hall–Kier alpha value is -2.94. The van der Waals surface area contributed by atoms with E-state index in [1.165, 1.54) is 12.6 Å². The normalized spacial score (nSPS) is 14.1. The number of hydrogen-bond acceptors (Lipinski definition) is 5. The van der Waals surface area contributed by atoms with Crippen molar-refractivity contribution in [1.29, 1.82) is 5.26 Å². The van der Waals surface area contributed by atoms with Crippen LogP contribution in [0.1, 0.15) is 35.3 Å². The third-order valence-corrected chi connectivity index (χ3v) is 3.80. The van der Waals surface area contributed by atoms with Gasteiger partial charge in [0, 0.05) is 18.8 Å². The molecule has 0 radical (unpaired) electrons. The molecule has 2 heterocycles. The van der Waals surface area contributed by atoms with E-state index in [1.54, 1.807) is 30.5 Å². The summed E-state index contributed by atoms with van der Waals surface area (Å²) in [5.41, 5.74) is 1.79. The number of piperidine rings is 1. The number of benzene rings is 1. The summed E-state index contributed by atoms with van der Waals surface area (Å²) in [6, 6.07) is 9.12. The van der Waals surface area contributed by atoms with Crippen molar-refractivity contribution in [3.05, 3.63) is 47.9 Å². The molecule has 1 aliphatic rings. The van der Waals surface area contributed by atoms with Gasteiger partial charge >= 0.3 is 0 Å². The summed E-state index contributed by atoms with van der Waals surface area (Å²) in [7, 11) is 0. The zero-order valence-electron chi connectivity index (χ0n) is 12.7. The lowest BCUT2D eigenvalue weighted by Gasteiger charge is -2.26. The molecule has 6 nitrogen and oxygen atoms in total. The molecule has 3 rings (SSSR count). The van der Waals surface area contributed by atoms with E-state index in [-0.39, 0.29) is 5.91 Å². The topological polar surface area (TPSA) is 81.9 Å². The van der Waals surface area contributed by atoms with Crippen LogP contribution in [0.25, 0.3) is 0 Å². The fourth-order valence-corrected chi connectivity index (χ4v) is 2.54. The standard InChI is InChI=1S/C17H17N5O/c18-10-13-4-6-14(7-5-13)21-16-12-19-15(11-20-16)17(23)22-8-2-1-3-9-22/h4-7,11-12H,1-3,8-9H2,(H,20,21). The Kier molecular flexibility index (Phi) is 4.48. The van der Waals surface area contributed by atoms with Gasteiger partial charge in [-0.3, -0.25) is 4.79 Å². The molecule has 1 aromatic carbocycles. The van der Waals surface area contributed by atoms with Crippen LogP contribution in [0.5, 0.6) is 0 Å². The van der Waals surface area contributed by atoms with E-state index in [2.05, 4.69) is 21.4 Å². The molecule has 1 aromatic heterocycles. The Morgan fingerprint density at radius 1 is 1.09 bits per heavy atom. The van der Waals surface area contributed by atoms with Crippen LogP contribution in [0.3, 0.4) is 0 Å². The zero-order valence-corrected chi connectivity index (χ0v) is 12.7. The monoisotopic (exact) mass is 307 g/mol. The van der Waals surface area contributed by atoms with Crippen LogP contribution in [0.4, 0.5) is 11.5 Å². The Morgan fingerprint density at radius 2 is 1.83 bits per heavy atom. The number of hydrogen-bond donors (Lipinski definition) is 1. The maximum atomic E-state index is 12.3. The second-order valence-corrected chi connectivity index (χ2v) is 5.45. The molecule has 0 bridgehead atoms. The van der Waals surface area contributed by atoms with Crippen molar-refractivity contribution >= 4 is 17.4 Å². The first-order valence-electron chi connectivity index (χ1n) is 7.65. The average molecular weight is 307 g/mol. The number of aromatic nitrogens is 2. The lowest BCUT2D eigenvalue weighted by Crippen LogP contribution is -2.36. The molecule has 0 unspecified atom stereocenters. The second-order valence-electron chi connectivity index (χ2n) is 5.45. The van der Waals surface area contributed by atoms with Gasteiger partial charge in [-0.05, 0) is 43.5 Å². The van der Waals surface area contributed by atoms with E-state index in [0.29, 0.717) is 17.1 Å². The van der Waals surface area contributed by atoms with Gasteiger partial charge < -0.3 is 10.2 Å². The zero-order chi connectivity index (χ0) is 16.1. The van der Waals surface area contributed by atoms with Gasteiger partial charge in [0.15, 0.2) is 0 Å². The van der Waals surface area contributed by atoms with Gasteiger partial charge in [-0.15, -0.1) is 0 Å². The van der Waals surface area contributed by atoms with Crippen molar-refractivity contribution in [3.8, 4) is 6.07 Å². The number of rotatable bonds is 3. The number of likely N-dealkylation sites (tertiary alicyclic amines) is 1. The fourth-order valence-electron chi connectivity index (χ4n) is 2.54. The summed E-state index contributed by atoms with van der Waals surface area (Å²) in [5, 5.41) is 11.9. The van der Waals surface area contributed by atoms with Crippen LogP contribution in [0.15, 0.2) is 36.7 Å². The summed E-state index contributed by atoms with van der Waals surface area (Å²) in [5.74, 6) is 0.507. The van der Waals surface area contributed by atoms with Crippen molar-refractivity contribution in [1.82, 2.24) is 14.9 Å². The van der Waals surface area contributed by atoms with Gasteiger partial charge in [-0.25, -0.2) is 9.97 Å².